The van der Waals surface area contributed by atoms with Gasteiger partial charge in [-0.25, -0.2) is 0 Å². The quantitative estimate of drug-likeness (QED) is 0.851. The minimum atomic E-state index is -0.117. The number of rotatable bonds is 4. The molecule has 156 valence electrons. The number of aliphatic hydroxyl groups excluding tert-OH is 1. The topological polar surface area (TPSA) is 35.9 Å². The lowest BCUT2D eigenvalue weighted by atomic mass is 10.00. The predicted octanol–water partition coefficient (Wildman–Crippen LogP) is 3.96. The van der Waals surface area contributed by atoms with Gasteiger partial charge in [-0.1, -0.05) is 18.2 Å². The molecule has 0 amide bonds. The molecule has 4 nitrogen and oxygen atoms in total. The maximum absolute atomic E-state index is 9.74. The van der Waals surface area contributed by atoms with Crippen LogP contribution in [0.2, 0.25) is 0 Å². The number of hydrogen-bond donors (Lipinski definition) is 1. The highest BCUT2D eigenvalue weighted by Gasteiger charge is 2.20. The molecule has 0 unspecified atom stereocenters. The molecule has 2 aliphatic heterocycles. The molecule has 2 aromatic carbocycles. The number of benzene rings is 2. The summed E-state index contributed by atoms with van der Waals surface area (Å²) in [5.41, 5.74) is 8.15. The van der Waals surface area contributed by atoms with Crippen LogP contribution in [0.5, 0.6) is 5.75 Å². The Morgan fingerprint density at radius 2 is 1.66 bits per heavy atom. The van der Waals surface area contributed by atoms with Crippen LogP contribution in [0.25, 0.3) is 0 Å². The van der Waals surface area contributed by atoms with Gasteiger partial charge in [0.1, 0.15) is 12.4 Å². The Morgan fingerprint density at radius 1 is 0.897 bits per heavy atom. The van der Waals surface area contributed by atoms with Crippen LogP contribution in [-0.4, -0.2) is 47.3 Å². The molecule has 1 N–H and O–H groups in total. The summed E-state index contributed by atoms with van der Waals surface area (Å²) < 4.78 is 6.06. The summed E-state index contributed by atoms with van der Waals surface area (Å²) in [4.78, 5) is 4.95. The van der Waals surface area contributed by atoms with Crippen molar-refractivity contribution in [3.63, 3.8) is 0 Å². The van der Waals surface area contributed by atoms with Gasteiger partial charge in [0, 0.05) is 44.8 Å². The third-order valence-electron chi connectivity index (χ3n) is 6.49. The number of aryl methyl sites for hydroxylation is 3. The van der Waals surface area contributed by atoms with Crippen LogP contribution < -0.4 is 4.74 Å². The zero-order valence-corrected chi connectivity index (χ0v) is 18.1. The van der Waals surface area contributed by atoms with Gasteiger partial charge in [0.25, 0.3) is 0 Å². The molecule has 2 aromatic rings. The normalized spacial score (nSPS) is 18.9. The number of nitrogens with zero attached hydrogens (tertiary/aromatic N) is 2. The van der Waals surface area contributed by atoms with Crippen LogP contribution in [0, 0.1) is 20.8 Å². The van der Waals surface area contributed by atoms with Crippen LogP contribution in [0.15, 0.2) is 30.3 Å². The highest BCUT2D eigenvalue weighted by Crippen LogP contribution is 2.27. The van der Waals surface area contributed by atoms with E-state index < -0.39 is 0 Å². The van der Waals surface area contributed by atoms with Crippen molar-refractivity contribution in [2.24, 2.45) is 0 Å². The number of likely N-dealkylation sites (tertiary alicyclic amines) is 1. The summed E-state index contributed by atoms with van der Waals surface area (Å²) in [6.07, 6.45) is 1.66. The van der Waals surface area contributed by atoms with Gasteiger partial charge in [0.2, 0.25) is 0 Å². The van der Waals surface area contributed by atoms with E-state index in [-0.39, 0.29) is 6.10 Å². The second-order valence-corrected chi connectivity index (χ2v) is 8.87. The van der Waals surface area contributed by atoms with Gasteiger partial charge in [0.05, 0.1) is 6.10 Å². The van der Waals surface area contributed by atoms with E-state index in [1.807, 2.05) is 0 Å². The summed E-state index contributed by atoms with van der Waals surface area (Å²) in [5, 5.41) is 9.74. The highest BCUT2D eigenvalue weighted by molar-refractivity contribution is 5.39. The molecule has 4 heteroatoms. The molecular formula is C25H34N2O2. The van der Waals surface area contributed by atoms with Gasteiger partial charge < -0.3 is 9.84 Å². The van der Waals surface area contributed by atoms with Gasteiger partial charge in [-0.05, 0) is 73.6 Å². The Kier molecular flexibility index (Phi) is 6.23. The van der Waals surface area contributed by atoms with Crippen molar-refractivity contribution in [3.05, 3.63) is 63.7 Å². The molecule has 0 aromatic heterocycles. The van der Waals surface area contributed by atoms with Gasteiger partial charge >= 0.3 is 0 Å². The van der Waals surface area contributed by atoms with Crippen LogP contribution in [0.1, 0.15) is 46.2 Å². The molecule has 0 radical (unpaired) electrons. The van der Waals surface area contributed by atoms with Crippen molar-refractivity contribution in [3.8, 4) is 5.75 Å². The molecule has 29 heavy (non-hydrogen) atoms. The van der Waals surface area contributed by atoms with E-state index in [0.29, 0.717) is 0 Å². The number of hydrogen-bond acceptors (Lipinski definition) is 4. The maximum atomic E-state index is 9.74. The fraction of sp³-hybridized carbons (Fsp3) is 0.520. The minimum Gasteiger partial charge on any atom is -0.492 e. The lowest BCUT2D eigenvalue weighted by molar-refractivity contribution is 0.0792. The maximum Gasteiger partial charge on any atom is 0.123 e. The molecule has 2 aliphatic rings. The molecule has 1 saturated heterocycles. The van der Waals surface area contributed by atoms with E-state index in [2.05, 4.69) is 60.9 Å². The largest absolute Gasteiger partial charge is 0.492 e. The number of piperidine rings is 1. The van der Waals surface area contributed by atoms with E-state index in [1.54, 1.807) is 0 Å². The molecule has 0 bridgehead atoms. The third-order valence-corrected chi connectivity index (χ3v) is 6.49. The Bertz CT molecular complexity index is 856. The van der Waals surface area contributed by atoms with Crippen molar-refractivity contribution < 1.29 is 9.84 Å². The van der Waals surface area contributed by atoms with Crippen molar-refractivity contribution in [2.75, 3.05) is 26.2 Å². The van der Waals surface area contributed by atoms with E-state index >= 15 is 0 Å². The van der Waals surface area contributed by atoms with Crippen molar-refractivity contribution in [2.45, 2.75) is 59.4 Å². The molecule has 2 heterocycles. The van der Waals surface area contributed by atoms with Gasteiger partial charge in [-0.3, -0.25) is 9.80 Å². The minimum absolute atomic E-state index is 0.117. The molecule has 0 aliphatic carbocycles. The van der Waals surface area contributed by atoms with Gasteiger partial charge in [0.15, 0.2) is 0 Å². The summed E-state index contributed by atoms with van der Waals surface area (Å²) in [7, 11) is 0. The van der Waals surface area contributed by atoms with Crippen molar-refractivity contribution in [1.29, 1.82) is 0 Å². The van der Waals surface area contributed by atoms with Crippen LogP contribution >= 0.6 is 0 Å². The predicted molar refractivity (Wildman–Crippen MR) is 117 cm³/mol. The van der Waals surface area contributed by atoms with Crippen LogP contribution in [0.4, 0.5) is 0 Å². The Morgan fingerprint density at radius 3 is 2.45 bits per heavy atom. The third kappa shape index (κ3) is 5.00. The zero-order valence-electron chi connectivity index (χ0n) is 18.1. The Hall–Kier alpha value is -1.88. The van der Waals surface area contributed by atoms with Crippen LogP contribution in [0.3, 0.4) is 0 Å². The average Bonchev–Trinajstić information content (AvgIpc) is 2.89. The van der Waals surface area contributed by atoms with Gasteiger partial charge in [-0.2, -0.15) is 0 Å². The monoisotopic (exact) mass is 394 g/mol. The number of aliphatic hydroxyl groups is 1. The van der Waals surface area contributed by atoms with Crippen molar-refractivity contribution in [1.82, 2.24) is 9.80 Å². The highest BCUT2D eigenvalue weighted by atomic mass is 16.5. The molecular weight excluding hydrogens is 360 g/mol. The summed E-state index contributed by atoms with van der Waals surface area (Å²) in [6, 6.07) is 11.3. The standard InChI is InChI=1S/C25H34N2O2/c1-18-12-20(3)22(13-19(18)2)16-27-10-11-29-25-5-4-21(14-23(25)17-27)15-26-8-6-24(28)7-9-26/h4-5,12-14,24,28H,6-11,15-17H2,1-3H3. The first-order chi connectivity index (χ1) is 14.0. The molecule has 4 rings (SSSR count). The SMILES string of the molecule is Cc1cc(C)c(CN2CCOc3ccc(CN4CCC(O)CC4)cc3C2)cc1C. The van der Waals surface area contributed by atoms with E-state index in [0.717, 1.165) is 64.5 Å². The van der Waals surface area contributed by atoms with E-state index in [1.165, 1.54) is 33.4 Å². The first-order valence-corrected chi connectivity index (χ1v) is 10.9. The van der Waals surface area contributed by atoms with E-state index in [9.17, 15) is 5.11 Å². The van der Waals surface area contributed by atoms with Crippen molar-refractivity contribution >= 4 is 0 Å². The second-order valence-electron chi connectivity index (χ2n) is 8.87. The lowest BCUT2D eigenvalue weighted by Gasteiger charge is -2.29. The van der Waals surface area contributed by atoms with Crippen LogP contribution in [-0.2, 0) is 19.6 Å². The summed E-state index contributed by atoms with van der Waals surface area (Å²) in [6.45, 7) is 13.1. The molecule has 0 atom stereocenters. The number of ether oxygens (including phenoxy) is 1. The molecule has 0 spiro atoms. The first kappa shape index (κ1) is 20.4. The number of fused-ring (bicyclic) bond motifs is 1. The smallest absolute Gasteiger partial charge is 0.123 e. The zero-order chi connectivity index (χ0) is 20.4. The molecule has 0 saturated carbocycles. The average molecular weight is 395 g/mol. The fourth-order valence-corrected chi connectivity index (χ4v) is 4.50. The molecule has 1 fully saturated rings. The fourth-order valence-electron chi connectivity index (χ4n) is 4.50. The first-order valence-electron chi connectivity index (χ1n) is 10.9. The summed E-state index contributed by atoms with van der Waals surface area (Å²) in [5.74, 6) is 1.03. The Labute approximate surface area is 175 Å². The van der Waals surface area contributed by atoms with Gasteiger partial charge in [-0.15, -0.1) is 0 Å². The van der Waals surface area contributed by atoms with E-state index in [4.69, 9.17) is 4.74 Å². The second kappa shape index (κ2) is 8.86. The summed E-state index contributed by atoms with van der Waals surface area (Å²) >= 11 is 0. The Balaban J connectivity index is 1.47. The lowest BCUT2D eigenvalue weighted by Crippen LogP contribution is -2.35.